The van der Waals surface area contributed by atoms with Crippen molar-refractivity contribution in [2.45, 2.75) is 39.8 Å². The first-order valence-electron chi connectivity index (χ1n) is 8.29. The molecule has 1 fully saturated rings. The van der Waals surface area contributed by atoms with Crippen molar-refractivity contribution in [3.05, 3.63) is 12.2 Å². The van der Waals surface area contributed by atoms with E-state index >= 15 is 0 Å². The molecule has 0 spiro atoms. The smallest absolute Gasteiger partial charge is 0.194 e. The van der Waals surface area contributed by atoms with Crippen molar-refractivity contribution in [2.75, 3.05) is 32.7 Å². The maximum atomic E-state index is 4.73. The normalized spacial score (nSPS) is 19.2. The molecule has 0 amide bonds. The average molecular weight is 307 g/mol. The van der Waals surface area contributed by atoms with E-state index in [0.717, 1.165) is 44.5 Å². The van der Waals surface area contributed by atoms with Gasteiger partial charge < -0.3 is 10.2 Å². The highest BCUT2D eigenvalue weighted by Crippen LogP contribution is 2.15. The Labute approximate surface area is 133 Å². The Morgan fingerprint density at radius 2 is 2.18 bits per heavy atom. The Kier molecular flexibility index (Phi) is 6.18. The van der Waals surface area contributed by atoms with Crippen LogP contribution in [0.25, 0.3) is 0 Å². The summed E-state index contributed by atoms with van der Waals surface area (Å²) < 4.78 is 1.77. The molecule has 1 aromatic rings. The number of aromatic nitrogens is 3. The Morgan fingerprint density at radius 3 is 2.77 bits per heavy atom. The Bertz CT molecular complexity index is 478. The van der Waals surface area contributed by atoms with E-state index in [1.165, 1.54) is 6.42 Å². The van der Waals surface area contributed by atoms with E-state index in [1.807, 2.05) is 7.05 Å². The highest BCUT2D eigenvalue weighted by molar-refractivity contribution is 5.80. The zero-order valence-corrected chi connectivity index (χ0v) is 14.3. The number of hydrogen-bond acceptors (Lipinski definition) is 4. The van der Waals surface area contributed by atoms with E-state index in [1.54, 1.807) is 11.0 Å². The molecule has 7 heteroatoms. The molecule has 2 rings (SSSR count). The zero-order chi connectivity index (χ0) is 15.9. The van der Waals surface area contributed by atoms with E-state index in [4.69, 9.17) is 4.99 Å². The lowest BCUT2D eigenvalue weighted by molar-refractivity contribution is 0.223. The van der Waals surface area contributed by atoms with Crippen LogP contribution in [0.15, 0.2) is 11.3 Å². The predicted molar refractivity (Wildman–Crippen MR) is 88.7 cm³/mol. The van der Waals surface area contributed by atoms with E-state index < -0.39 is 0 Å². The molecule has 0 saturated carbocycles. The van der Waals surface area contributed by atoms with Crippen LogP contribution in [0.4, 0.5) is 0 Å². The molecule has 1 unspecified atom stereocenters. The molecule has 0 aliphatic carbocycles. The number of nitrogens with zero attached hydrogens (tertiary/aromatic N) is 6. The van der Waals surface area contributed by atoms with Gasteiger partial charge >= 0.3 is 0 Å². The van der Waals surface area contributed by atoms with E-state index in [0.29, 0.717) is 12.6 Å². The minimum absolute atomic E-state index is 0.561. The number of likely N-dealkylation sites (N-methyl/N-ethyl adjacent to an activating group) is 1. The van der Waals surface area contributed by atoms with Gasteiger partial charge in [-0.25, -0.2) is 9.98 Å². The molecular formula is C15H29N7. The zero-order valence-electron chi connectivity index (χ0n) is 14.3. The third kappa shape index (κ3) is 3.97. The maximum absolute atomic E-state index is 4.73. The molecule has 1 saturated heterocycles. The molecule has 0 bridgehead atoms. The van der Waals surface area contributed by atoms with Gasteiger partial charge in [0.05, 0.1) is 0 Å². The highest BCUT2D eigenvalue weighted by Gasteiger charge is 2.27. The average Bonchev–Trinajstić information content (AvgIpc) is 3.15. The molecule has 22 heavy (non-hydrogen) atoms. The molecule has 1 atom stereocenters. The van der Waals surface area contributed by atoms with Gasteiger partial charge in [-0.1, -0.05) is 13.8 Å². The Balaban J connectivity index is 2.01. The van der Waals surface area contributed by atoms with Crippen LogP contribution in [-0.2, 0) is 13.6 Å². The van der Waals surface area contributed by atoms with Crippen molar-refractivity contribution >= 4 is 5.96 Å². The monoisotopic (exact) mass is 307 g/mol. The van der Waals surface area contributed by atoms with Gasteiger partial charge in [0, 0.05) is 32.7 Å². The van der Waals surface area contributed by atoms with Crippen molar-refractivity contribution in [1.29, 1.82) is 0 Å². The molecular weight excluding hydrogens is 278 g/mol. The van der Waals surface area contributed by atoms with Gasteiger partial charge in [0.25, 0.3) is 0 Å². The fraction of sp³-hybridized carbons (Fsp3) is 0.800. The first-order valence-corrected chi connectivity index (χ1v) is 8.29. The summed E-state index contributed by atoms with van der Waals surface area (Å²) in [7, 11) is 1.90. The van der Waals surface area contributed by atoms with Crippen molar-refractivity contribution < 1.29 is 0 Å². The van der Waals surface area contributed by atoms with Gasteiger partial charge in [0.15, 0.2) is 5.96 Å². The fourth-order valence-corrected chi connectivity index (χ4v) is 3.01. The van der Waals surface area contributed by atoms with Crippen molar-refractivity contribution in [3.8, 4) is 0 Å². The van der Waals surface area contributed by atoms with Crippen molar-refractivity contribution in [1.82, 2.24) is 29.9 Å². The van der Waals surface area contributed by atoms with Crippen molar-refractivity contribution in [3.63, 3.8) is 0 Å². The van der Waals surface area contributed by atoms with Crippen LogP contribution >= 0.6 is 0 Å². The molecule has 2 heterocycles. The lowest BCUT2D eigenvalue weighted by Crippen LogP contribution is -2.43. The highest BCUT2D eigenvalue weighted by atomic mass is 15.4. The summed E-state index contributed by atoms with van der Waals surface area (Å²) in [4.78, 5) is 13.9. The van der Waals surface area contributed by atoms with Crippen LogP contribution in [0.2, 0.25) is 0 Å². The Hall–Kier alpha value is -1.63. The van der Waals surface area contributed by atoms with Crippen LogP contribution in [0.5, 0.6) is 0 Å². The molecule has 124 valence electrons. The first kappa shape index (κ1) is 16.7. The summed E-state index contributed by atoms with van der Waals surface area (Å²) in [6.45, 7) is 12.4. The molecule has 7 nitrogen and oxygen atoms in total. The van der Waals surface area contributed by atoms with Crippen LogP contribution in [0.1, 0.15) is 33.0 Å². The van der Waals surface area contributed by atoms with Crippen LogP contribution in [-0.4, -0.2) is 69.3 Å². The third-order valence-electron chi connectivity index (χ3n) is 4.30. The first-order chi connectivity index (χ1) is 10.7. The quantitative estimate of drug-likeness (QED) is 0.619. The van der Waals surface area contributed by atoms with Gasteiger partial charge in [-0.15, -0.1) is 0 Å². The summed E-state index contributed by atoms with van der Waals surface area (Å²) in [6, 6.07) is 0.633. The number of rotatable bonds is 6. The second kappa shape index (κ2) is 8.12. The van der Waals surface area contributed by atoms with Gasteiger partial charge in [0.2, 0.25) is 0 Å². The molecule has 1 N–H and O–H groups in total. The van der Waals surface area contributed by atoms with E-state index in [2.05, 4.69) is 46.0 Å². The minimum atomic E-state index is 0.561. The third-order valence-corrected chi connectivity index (χ3v) is 4.30. The molecule has 1 aromatic heterocycles. The lowest BCUT2D eigenvalue weighted by atomic mass is 10.2. The van der Waals surface area contributed by atoms with Gasteiger partial charge in [0.1, 0.15) is 18.7 Å². The topological polar surface area (TPSA) is 61.6 Å². The number of likely N-dealkylation sites (tertiary alicyclic amines) is 1. The van der Waals surface area contributed by atoms with Crippen LogP contribution in [0, 0.1) is 0 Å². The summed E-state index contributed by atoms with van der Waals surface area (Å²) in [6.07, 6.45) is 2.78. The number of aryl methyl sites for hydroxylation is 1. The van der Waals surface area contributed by atoms with Crippen LogP contribution in [0.3, 0.4) is 0 Å². The second-order valence-electron chi connectivity index (χ2n) is 5.58. The summed E-state index contributed by atoms with van der Waals surface area (Å²) in [5.74, 6) is 1.87. The largest absolute Gasteiger partial charge is 0.357 e. The van der Waals surface area contributed by atoms with E-state index in [9.17, 15) is 0 Å². The second-order valence-corrected chi connectivity index (χ2v) is 5.58. The Morgan fingerprint density at radius 1 is 1.41 bits per heavy atom. The summed E-state index contributed by atoms with van der Waals surface area (Å²) in [5.41, 5.74) is 0. The summed E-state index contributed by atoms with van der Waals surface area (Å²) in [5, 5.41) is 7.49. The predicted octanol–water partition coefficient (Wildman–Crippen LogP) is 0.697. The number of hydrogen-bond donors (Lipinski definition) is 1. The minimum Gasteiger partial charge on any atom is -0.357 e. The fourth-order valence-electron chi connectivity index (χ4n) is 3.01. The van der Waals surface area contributed by atoms with Gasteiger partial charge in [-0.3, -0.25) is 9.58 Å². The standard InChI is InChI=1S/C15H29N7/c1-5-16-15(17-10-14-18-12-19-20(14)4)22-9-8-13(11-22)21(6-2)7-3/h12-13H,5-11H2,1-4H3,(H,16,17). The lowest BCUT2D eigenvalue weighted by Gasteiger charge is -2.27. The van der Waals surface area contributed by atoms with Gasteiger partial charge in [-0.05, 0) is 26.4 Å². The van der Waals surface area contributed by atoms with Gasteiger partial charge in [-0.2, -0.15) is 5.10 Å². The number of nitrogens with one attached hydrogen (secondary N) is 1. The van der Waals surface area contributed by atoms with Crippen molar-refractivity contribution in [2.24, 2.45) is 12.0 Å². The number of aliphatic imine (C=N–C) groups is 1. The molecule has 0 radical (unpaired) electrons. The maximum Gasteiger partial charge on any atom is 0.194 e. The SMILES string of the molecule is CCNC(=NCc1ncnn1C)N1CCC(N(CC)CC)C1. The van der Waals surface area contributed by atoms with Crippen LogP contribution < -0.4 is 5.32 Å². The molecule has 0 aromatic carbocycles. The summed E-state index contributed by atoms with van der Waals surface area (Å²) >= 11 is 0. The molecule has 1 aliphatic heterocycles. The number of guanidine groups is 1. The molecule has 1 aliphatic rings. The van der Waals surface area contributed by atoms with E-state index in [-0.39, 0.29) is 0 Å².